The number of carbonyl (C=O) groups is 2. The number of hydrogen-bond acceptors (Lipinski definition) is 5. The van der Waals surface area contributed by atoms with E-state index in [9.17, 15) is 14.7 Å². The molecule has 2 N–H and O–H groups in total. The van der Waals surface area contributed by atoms with Crippen molar-refractivity contribution in [2.24, 2.45) is 0 Å². The molecule has 24 heavy (non-hydrogen) atoms. The lowest BCUT2D eigenvalue weighted by Gasteiger charge is -2.03. The van der Waals surface area contributed by atoms with E-state index in [-0.39, 0.29) is 18.0 Å². The highest BCUT2D eigenvalue weighted by atomic mass is 32.1. The molecule has 0 fully saturated rings. The summed E-state index contributed by atoms with van der Waals surface area (Å²) in [6.07, 6.45) is 4.72. The quantitative estimate of drug-likeness (QED) is 0.746. The lowest BCUT2D eigenvalue weighted by Crippen LogP contribution is -2.22. The number of benzene rings is 1. The van der Waals surface area contributed by atoms with Crippen molar-refractivity contribution >= 4 is 23.2 Å². The van der Waals surface area contributed by atoms with Crippen LogP contribution in [-0.4, -0.2) is 27.0 Å². The minimum Gasteiger partial charge on any atom is -0.478 e. The van der Waals surface area contributed by atoms with Crippen molar-refractivity contribution in [1.82, 2.24) is 15.3 Å². The first kappa shape index (κ1) is 15.8. The molecule has 1 amide bonds. The molecular formula is C17H13N3O3S. The summed E-state index contributed by atoms with van der Waals surface area (Å²) in [5.74, 6) is -1.21. The van der Waals surface area contributed by atoms with Crippen LogP contribution in [0.5, 0.6) is 0 Å². The average Bonchev–Trinajstić information content (AvgIpc) is 3.09. The number of carbonyl (C=O) groups excluding carboxylic acids is 1. The molecule has 0 aliphatic carbocycles. The van der Waals surface area contributed by atoms with Gasteiger partial charge in [-0.15, -0.1) is 11.3 Å². The van der Waals surface area contributed by atoms with Crippen molar-refractivity contribution in [3.8, 4) is 10.4 Å². The molecule has 1 aromatic carbocycles. The molecule has 2 heterocycles. The molecule has 0 unspecified atom stereocenters. The van der Waals surface area contributed by atoms with Crippen LogP contribution in [0.25, 0.3) is 10.4 Å². The van der Waals surface area contributed by atoms with Gasteiger partial charge in [-0.05, 0) is 18.2 Å². The smallest absolute Gasteiger partial charge is 0.336 e. The van der Waals surface area contributed by atoms with Crippen LogP contribution in [0, 0.1) is 0 Å². The first-order valence-corrected chi connectivity index (χ1v) is 7.92. The van der Waals surface area contributed by atoms with Crippen molar-refractivity contribution in [2.45, 2.75) is 6.54 Å². The van der Waals surface area contributed by atoms with E-state index in [1.807, 2.05) is 0 Å². The standard InChI is InChI=1S/C17H13N3O3S/c21-16(11-4-3-7-18-8-11)20-10-15-19-9-14(24-15)12-5-1-2-6-13(12)17(22)23/h1-9H,10H2,(H,20,21)(H,22,23). The summed E-state index contributed by atoms with van der Waals surface area (Å²) < 4.78 is 0. The van der Waals surface area contributed by atoms with E-state index in [1.165, 1.54) is 17.5 Å². The summed E-state index contributed by atoms with van der Waals surface area (Å²) in [4.78, 5) is 32.2. The molecule has 0 aliphatic heterocycles. The third-order valence-electron chi connectivity index (χ3n) is 3.30. The molecule has 3 rings (SSSR count). The van der Waals surface area contributed by atoms with Gasteiger partial charge in [-0.3, -0.25) is 9.78 Å². The highest BCUT2D eigenvalue weighted by molar-refractivity contribution is 7.15. The van der Waals surface area contributed by atoms with Gasteiger partial charge in [0, 0.05) is 24.2 Å². The first-order chi connectivity index (χ1) is 11.6. The zero-order valence-electron chi connectivity index (χ0n) is 12.5. The van der Waals surface area contributed by atoms with Gasteiger partial charge in [-0.25, -0.2) is 9.78 Å². The van der Waals surface area contributed by atoms with Crippen LogP contribution in [0.2, 0.25) is 0 Å². The maximum Gasteiger partial charge on any atom is 0.336 e. The minimum absolute atomic E-state index is 0.229. The average molecular weight is 339 g/mol. The molecule has 0 spiro atoms. The third kappa shape index (κ3) is 3.47. The Kier molecular flexibility index (Phi) is 4.62. The van der Waals surface area contributed by atoms with Gasteiger partial charge in [-0.1, -0.05) is 18.2 Å². The molecule has 0 atom stereocenters. The minimum atomic E-state index is -0.981. The SMILES string of the molecule is O=C(NCc1ncc(-c2ccccc2C(=O)O)s1)c1cccnc1. The second-order valence-corrected chi connectivity index (χ2v) is 6.01. The largest absolute Gasteiger partial charge is 0.478 e. The fraction of sp³-hybridized carbons (Fsp3) is 0.0588. The molecule has 3 aromatic rings. The maximum absolute atomic E-state index is 12.0. The highest BCUT2D eigenvalue weighted by Crippen LogP contribution is 2.29. The maximum atomic E-state index is 12.0. The third-order valence-corrected chi connectivity index (χ3v) is 4.33. The van der Waals surface area contributed by atoms with Crippen molar-refractivity contribution < 1.29 is 14.7 Å². The zero-order valence-corrected chi connectivity index (χ0v) is 13.3. The summed E-state index contributed by atoms with van der Waals surface area (Å²) >= 11 is 1.35. The van der Waals surface area contributed by atoms with Crippen LogP contribution in [0.1, 0.15) is 25.7 Å². The van der Waals surface area contributed by atoms with Crippen LogP contribution in [0.3, 0.4) is 0 Å². The Labute approximate surface area is 141 Å². The van der Waals surface area contributed by atoms with Gasteiger partial charge in [0.25, 0.3) is 5.91 Å². The first-order valence-electron chi connectivity index (χ1n) is 7.11. The van der Waals surface area contributed by atoms with Crippen molar-refractivity contribution in [3.63, 3.8) is 0 Å². The highest BCUT2D eigenvalue weighted by Gasteiger charge is 2.14. The van der Waals surface area contributed by atoms with Gasteiger partial charge in [0.2, 0.25) is 0 Å². The summed E-state index contributed by atoms with van der Waals surface area (Å²) in [6.45, 7) is 0.271. The number of nitrogens with one attached hydrogen (secondary N) is 1. The van der Waals surface area contributed by atoms with Crippen molar-refractivity contribution in [3.05, 3.63) is 71.1 Å². The summed E-state index contributed by atoms with van der Waals surface area (Å²) in [5, 5.41) is 12.7. The van der Waals surface area contributed by atoms with Crippen LogP contribution in [-0.2, 0) is 6.54 Å². The van der Waals surface area contributed by atoms with E-state index >= 15 is 0 Å². The number of hydrogen-bond donors (Lipinski definition) is 2. The number of aromatic nitrogens is 2. The van der Waals surface area contributed by atoms with E-state index in [0.29, 0.717) is 16.1 Å². The number of aromatic carboxylic acids is 1. The zero-order chi connectivity index (χ0) is 16.9. The van der Waals surface area contributed by atoms with Gasteiger partial charge < -0.3 is 10.4 Å². The Bertz CT molecular complexity index is 878. The van der Waals surface area contributed by atoms with Crippen LogP contribution in [0.15, 0.2) is 55.0 Å². The topological polar surface area (TPSA) is 92.2 Å². The lowest BCUT2D eigenvalue weighted by molar-refractivity contribution is 0.0697. The second-order valence-electron chi connectivity index (χ2n) is 4.89. The van der Waals surface area contributed by atoms with Crippen molar-refractivity contribution in [1.29, 1.82) is 0 Å². The molecule has 0 bridgehead atoms. The van der Waals surface area contributed by atoms with E-state index in [2.05, 4.69) is 15.3 Å². The number of pyridine rings is 1. The van der Waals surface area contributed by atoms with Gasteiger partial charge in [-0.2, -0.15) is 0 Å². The fourth-order valence-electron chi connectivity index (χ4n) is 2.16. The van der Waals surface area contributed by atoms with Gasteiger partial charge >= 0.3 is 5.97 Å². The number of rotatable bonds is 5. The summed E-state index contributed by atoms with van der Waals surface area (Å²) in [6, 6.07) is 10.1. The number of carboxylic acids is 1. The van der Waals surface area contributed by atoms with Gasteiger partial charge in [0.15, 0.2) is 0 Å². The van der Waals surface area contributed by atoms with E-state index in [4.69, 9.17) is 0 Å². The molecule has 0 saturated carbocycles. The predicted octanol–water partition coefficient (Wildman–Crippen LogP) is 2.83. The number of thiazole rings is 1. The van der Waals surface area contributed by atoms with Gasteiger partial charge in [0.05, 0.1) is 22.5 Å². The number of carboxylic acid groups (broad SMARTS) is 1. The molecule has 7 heteroatoms. The normalized spacial score (nSPS) is 10.3. The Morgan fingerprint density at radius 1 is 1.12 bits per heavy atom. The monoisotopic (exact) mass is 339 g/mol. The van der Waals surface area contributed by atoms with Crippen LogP contribution < -0.4 is 5.32 Å². The lowest BCUT2D eigenvalue weighted by atomic mass is 10.1. The van der Waals surface area contributed by atoms with E-state index in [1.54, 1.807) is 48.8 Å². The molecular weight excluding hydrogens is 326 g/mol. The molecule has 0 aliphatic rings. The molecule has 120 valence electrons. The number of amides is 1. The fourth-order valence-corrected chi connectivity index (χ4v) is 3.05. The molecule has 2 aromatic heterocycles. The second kappa shape index (κ2) is 7.01. The Balaban J connectivity index is 1.73. The molecule has 0 saturated heterocycles. The van der Waals surface area contributed by atoms with E-state index in [0.717, 1.165) is 4.88 Å². The van der Waals surface area contributed by atoms with Crippen LogP contribution >= 0.6 is 11.3 Å². The van der Waals surface area contributed by atoms with E-state index < -0.39 is 5.97 Å². The summed E-state index contributed by atoms with van der Waals surface area (Å²) in [5.41, 5.74) is 1.32. The van der Waals surface area contributed by atoms with Gasteiger partial charge in [0.1, 0.15) is 5.01 Å². The van der Waals surface area contributed by atoms with Crippen LogP contribution in [0.4, 0.5) is 0 Å². The number of nitrogens with zero attached hydrogens (tertiary/aromatic N) is 2. The van der Waals surface area contributed by atoms with Crippen molar-refractivity contribution in [2.75, 3.05) is 0 Å². The predicted molar refractivity (Wildman–Crippen MR) is 89.9 cm³/mol. The Morgan fingerprint density at radius 2 is 1.96 bits per heavy atom. The Morgan fingerprint density at radius 3 is 2.71 bits per heavy atom. The molecule has 0 radical (unpaired) electrons. The molecule has 6 nitrogen and oxygen atoms in total. The Hall–Kier alpha value is -3.06. The summed E-state index contributed by atoms with van der Waals surface area (Å²) in [7, 11) is 0.